The molecule has 0 bridgehead atoms. The minimum atomic E-state index is -0.505. The van der Waals surface area contributed by atoms with E-state index in [4.69, 9.17) is 14.2 Å². The third-order valence-corrected chi connectivity index (χ3v) is 5.49. The number of β-lactam (4-membered cyclic amide) rings is 1. The minimum Gasteiger partial charge on any atom is -0.461 e. The Kier molecular flexibility index (Phi) is 5.63. The summed E-state index contributed by atoms with van der Waals surface area (Å²) in [5.41, 5.74) is 1.75. The van der Waals surface area contributed by atoms with Crippen molar-refractivity contribution < 1.29 is 28.6 Å². The van der Waals surface area contributed by atoms with Gasteiger partial charge in [-0.05, 0) is 12.1 Å². The van der Waals surface area contributed by atoms with Crippen molar-refractivity contribution in [1.29, 1.82) is 0 Å². The zero-order valence-electron chi connectivity index (χ0n) is 14.5. The van der Waals surface area contributed by atoms with E-state index in [1.54, 1.807) is 29.2 Å². The molecule has 0 aliphatic carbocycles. The van der Waals surface area contributed by atoms with E-state index in [1.807, 2.05) is 6.07 Å². The summed E-state index contributed by atoms with van der Waals surface area (Å²) in [6.07, 6.45) is -0.505. The van der Waals surface area contributed by atoms with Gasteiger partial charge in [0.1, 0.15) is 18.6 Å². The van der Waals surface area contributed by atoms with Gasteiger partial charge >= 0.3 is 11.9 Å². The molecule has 1 saturated heterocycles. The molecule has 1 aromatic rings. The van der Waals surface area contributed by atoms with Crippen LogP contribution in [-0.2, 0) is 23.8 Å². The van der Waals surface area contributed by atoms with Crippen LogP contribution in [-0.4, -0.2) is 60.3 Å². The van der Waals surface area contributed by atoms with E-state index in [2.05, 4.69) is 0 Å². The van der Waals surface area contributed by atoms with Gasteiger partial charge in [0, 0.05) is 25.4 Å². The first kappa shape index (κ1) is 18.5. The first-order valence-corrected chi connectivity index (χ1v) is 9.11. The SMILES string of the molecule is CO[C@H]1C(=O)N2C(COC(=O)c3ccccc3)=C(COC(C)=O)CS[C@H]12. The van der Waals surface area contributed by atoms with E-state index in [9.17, 15) is 14.4 Å². The molecule has 7 nitrogen and oxygen atoms in total. The summed E-state index contributed by atoms with van der Waals surface area (Å²) in [4.78, 5) is 37.2. The standard InChI is InChI=1S/C18H19NO6S/c1-11(20)24-8-13-10-26-17-15(23-2)16(21)19(17)14(13)9-25-18(22)12-6-4-3-5-7-12/h3-7,15,17H,8-10H2,1-2H3/t15-,17+/m0/s1. The topological polar surface area (TPSA) is 82.1 Å². The molecule has 2 heterocycles. The lowest BCUT2D eigenvalue weighted by molar-refractivity contribution is -0.159. The highest BCUT2D eigenvalue weighted by molar-refractivity contribution is 8.00. The van der Waals surface area contributed by atoms with Crippen molar-refractivity contribution in [1.82, 2.24) is 4.90 Å². The van der Waals surface area contributed by atoms with Gasteiger partial charge in [0.05, 0.1) is 11.3 Å². The van der Waals surface area contributed by atoms with Crippen LogP contribution in [0.1, 0.15) is 17.3 Å². The number of rotatable bonds is 6. The van der Waals surface area contributed by atoms with Gasteiger partial charge in [0.25, 0.3) is 5.91 Å². The van der Waals surface area contributed by atoms with E-state index in [0.717, 1.165) is 5.57 Å². The molecule has 2 aliphatic heterocycles. The van der Waals surface area contributed by atoms with E-state index >= 15 is 0 Å². The van der Waals surface area contributed by atoms with Crippen molar-refractivity contribution in [3.8, 4) is 0 Å². The Balaban J connectivity index is 1.76. The minimum absolute atomic E-state index is 0.0642. The first-order chi connectivity index (χ1) is 12.5. The van der Waals surface area contributed by atoms with Crippen LogP contribution in [0.3, 0.4) is 0 Å². The largest absolute Gasteiger partial charge is 0.461 e. The number of fused-ring (bicyclic) bond motifs is 1. The van der Waals surface area contributed by atoms with Gasteiger partial charge < -0.3 is 14.2 Å². The Morgan fingerprint density at radius 2 is 1.92 bits per heavy atom. The summed E-state index contributed by atoms with van der Waals surface area (Å²) in [6, 6.07) is 8.62. The Bertz CT molecular complexity index is 747. The summed E-state index contributed by atoms with van der Waals surface area (Å²) < 4.78 is 15.7. The molecule has 1 amide bonds. The molecule has 3 rings (SSSR count). The zero-order chi connectivity index (χ0) is 18.7. The third kappa shape index (κ3) is 3.61. The Morgan fingerprint density at radius 1 is 1.19 bits per heavy atom. The summed E-state index contributed by atoms with van der Waals surface area (Å²) >= 11 is 1.53. The number of amides is 1. The van der Waals surface area contributed by atoms with Crippen LogP contribution in [0.4, 0.5) is 0 Å². The molecule has 0 radical (unpaired) electrons. The molecule has 0 saturated carbocycles. The van der Waals surface area contributed by atoms with Crippen molar-refractivity contribution in [3.05, 3.63) is 47.2 Å². The third-order valence-electron chi connectivity index (χ3n) is 4.17. The predicted octanol–water partition coefficient (Wildman–Crippen LogP) is 1.59. The Labute approximate surface area is 155 Å². The molecular formula is C18H19NO6S. The molecule has 0 aromatic heterocycles. The zero-order valence-corrected chi connectivity index (χ0v) is 15.3. The Morgan fingerprint density at radius 3 is 2.58 bits per heavy atom. The fourth-order valence-electron chi connectivity index (χ4n) is 2.82. The number of ether oxygens (including phenoxy) is 3. The summed E-state index contributed by atoms with van der Waals surface area (Å²) in [5, 5.41) is -0.154. The number of esters is 2. The monoisotopic (exact) mass is 377 g/mol. The highest BCUT2D eigenvalue weighted by atomic mass is 32.2. The van der Waals surface area contributed by atoms with E-state index in [0.29, 0.717) is 17.0 Å². The molecular weight excluding hydrogens is 358 g/mol. The summed E-state index contributed by atoms with van der Waals surface area (Å²) in [5.74, 6) is -0.499. The molecule has 138 valence electrons. The van der Waals surface area contributed by atoms with Crippen LogP contribution >= 0.6 is 11.8 Å². The number of hydrogen-bond acceptors (Lipinski definition) is 7. The number of thioether (sulfide) groups is 1. The van der Waals surface area contributed by atoms with Crippen LogP contribution in [0.2, 0.25) is 0 Å². The predicted molar refractivity (Wildman–Crippen MR) is 94.3 cm³/mol. The average molecular weight is 377 g/mol. The molecule has 2 atom stereocenters. The van der Waals surface area contributed by atoms with Crippen LogP contribution in [0, 0.1) is 0 Å². The van der Waals surface area contributed by atoms with Gasteiger partial charge in [-0.25, -0.2) is 4.79 Å². The molecule has 1 aromatic carbocycles. The van der Waals surface area contributed by atoms with Gasteiger partial charge in [-0.15, -0.1) is 11.8 Å². The van der Waals surface area contributed by atoms with Crippen LogP contribution < -0.4 is 0 Å². The van der Waals surface area contributed by atoms with Crippen molar-refractivity contribution >= 4 is 29.6 Å². The molecule has 0 spiro atoms. The summed E-state index contributed by atoms with van der Waals surface area (Å²) in [6.45, 7) is 1.32. The second-order valence-electron chi connectivity index (χ2n) is 5.84. The molecule has 1 fully saturated rings. The van der Waals surface area contributed by atoms with E-state index in [-0.39, 0.29) is 24.5 Å². The maximum atomic E-state index is 12.3. The smallest absolute Gasteiger partial charge is 0.338 e. The molecule has 0 N–H and O–H groups in total. The second-order valence-corrected chi connectivity index (χ2v) is 6.94. The summed E-state index contributed by atoms with van der Waals surface area (Å²) in [7, 11) is 1.49. The lowest BCUT2D eigenvalue weighted by atomic mass is 10.1. The number of nitrogens with zero attached hydrogens (tertiary/aromatic N) is 1. The maximum absolute atomic E-state index is 12.3. The van der Waals surface area contributed by atoms with Crippen molar-refractivity contribution in [2.75, 3.05) is 26.1 Å². The van der Waals surface area contributed by atoms with Gasteiger partial charge in [0.2, 0.25) is 0 Å². The normalized spacial score (nSPS) is 21.8. The number of benzene rings is 1. The first-order valence-electron chi connectivity index (χ1n) is 8.07. The fraction of sp³-hybridized carbons (Fsp3) is 0.389. The average Bonchev–Trinajstić information content (AvgIpc) is 2.65. The van der Waals surface area contributed by atoms with Crippen molar-refractivity contribution in [3.63, 3.8) is 0 Å². The molecule has 26 heavy (non-hydrogen) atoms. The molecule has 0 unspecified atom stereocenters. The van der Waals surface area contributed by atoms with E-state index in [1.165, 1.54) is 25.8 Å². The highest BCUT2D eigenvalue weighted by Gasteiger charge is 2.52. The Hall–Kier alpha value is -2.32. The fourth-order valence-corrected chi connectivity index (χ4v) is 4.22. The van der Waals surface area contributed by atoms with Crippen molar-refractivity contribution in [2.45, 2.75) is 18.4 Å². The van der Waals surface area contributed by atoms with Crippen LogP contribution in [0.5, 0.6) is 0 Å². The van der Waals surface area contributed by atoms with Crippen molar-refractivity contribution in [2.24, 2.45) is 0 Å². The highest BCUT2D eigenvalue weighted by Crippen LogP contribution is 2.41. The van der Waals surface area contributed by atoms with Crippen LogP contribution in [0.15, 0.2) is 41.6 Å². The molecule has 8 heteroatoms. The van der Waals surface area contributed by atoms with Gasteiger partial charge in [-0.3, -0.25) is 14.5 Å². The quantitative estimate of drug-likeness (QED) is 0.550. The molecule has 2 aliphatic rings. The maximum Gasteiger partial charge on any atom is 0.338 e. The van der Waals surface area contributed by atoms with Gasteiger partial charge in [-0.2, -0.15) is 0 Å². The second kappa shape index (κ2) is 7.92. The lowest BCUT2D eigenvalue weighted by Gasteiger charge is -2.49. The number of carbonyl (C=O) groups excluding carboxylic acids is 3. The van der Waals surface area contributed by atoms with Gasteiger partial charge in [-0.1, -0.05) is 18.2 Å². The van der Waals surface area contributed by atoms with Crippen LogP contribution in [0.25, 0.3) is 0 Å². The van der Waals surface area contributed by atoms with Gasteiger partial charge in [0.15, 0.2) is 6.10 Å². The lowest BCUT2D eigenvalue weighted by Crippen LogP contribution is -2.65. The number of carbonyl (C=O) groups is 3. The van der Waals surface area contributed by atoms with E-state index < -0.39 is 18.0 Å². The number of methoxy groups -OCH3 is 1. The number of hydrogen-bond donors (Lipinski definition) is 0.